The molecule has 0 aliphatic carbocycles. The number of halogens is 1. The summed E-state index contributed by atoms with van der Waals surface area (Å²) in [6.45, 7) is 2.76. The summed E-state index contributed by atoms with van der Waals surface area (Å²) in [5.74, 6) is -1.13. The van der Waals surface area contributed by atoms with Crippen molar-refractivity contribution in [1.29, 1.82) is 0 Å². The van der Waals surface area contributed by atoms with Crippen molar-refractivity contribution in [2.45, 2.75) is 20.0 Å². The van der Waals surface area contributed by atoms with Gasteiger partial charge in [-0.15, -0.1) is 0 Å². The average molecular weight is 341 g/mol. The smallest absolute Gasteiger partial charge is 0.371 e. The zero-order valence-electron chi connectivity index (χ0n) is 10.7. The maximum absolute atomic E-state index is 12.0. The molecule has 0 bridgehead atoms. The molecule has 20 heavy (non-hydrogen) atoms. The number of hydrogen-bond acceptors (Lipinski definition) is 3. The number of rotatable bonds is 5. The molecule has 2 heterocycles. The number of carbonyl (C=O) groups is 2. The fourth-order valence-corrected chi connectivity index (χ4v) is 2.24. The van der Waals surface area contributed by atoms with Crippen LogP contribution in [0.4, 0.5) is 0 Å². The lowest BCUT2D eigenvalue weighted by atomic mass is 10.3. The van der Waals surface area contributed by atoms with Gasteiger partial charge in [-0.25, -0.2) is 4.79 Å². The Morgan fingerprint density at radius 3 is 2.80 bits per heavy atom. The molecule has 0 aliphatic heterocycles. The summed E-state index contributed by atoms with van der Waals surface area (Å²) in [6.07, 6.45) is 1.82. The molecule has 0 radical (unpaired) electrons. The van der Waals surface area contributed by atoms with E-state index in [0.717, 1.165) is 4.47 Å². The van der Waals surface area contributed by atoms with E-state index >= 15 is 0 Å². The molecule has 2 rings (SSSR count). The van der Waals surface area contributed by atoms with Gasteiger partial charge in [0, 0.05) is 17.2 Å². The van der Waals surface area contributed by atoms with Crippen molar-refractivity contribution >= 4 is 27.8 Å². The minimum atomic E-state index is -1.13. The Bertz CT molecular complexity index is 645. The topological polar surface area (TPSA) is 84.5 Å². The minimum Gasteiger partial charge on any atom is -0.475 e. The first kappa shape index (κ1) is 14.4. The maximum Gasteiger partial charge on any atom is 0.371 e. The Morgan fingerprint density at radius 2 is 2.20 bits per heavy atom. The molecule has 0 aliphatic rings. The molecule has 0 unspecified atom stereocenters. The predicted octanol–water partition coefficient (Wildman–Crippen LogP) is 2.49. The number of carboxylic acid groups (broad SMARTS) is 1. The first-order chi connectivity index (χ1) is 9.51. The molecule has 6 nitrogen and oxygen atoms in total. The van der Waals surface area contributed by atoms with Crippen LogP contribution in [0.15, 0.2) is 33.3 Å². The van der Waals surface area contributed by atoms with Gasteiger partial charge in [-0.3, -0.25) is 4.79 Å². The number of amides is 1. The first-order valence-corrected chi connectivity index (χ1v) is 6.76. The molecular formula is C13H13BrN2O4. The average Bonchev–Trinajstić information content (AvgIpc) is 3.02. The van der Waals surface area contributed by atoms with Crippen LogP contribution in [0.1, 0.15) is 33.7 Å². The SMILES string of the molecule is CCn1cc(Br)cc1C(=O)NCc1ccc(C(=O)O)o1. The zero-order valence-corrected chi connectivity index (χ0v) is 12.3. The number of carbonyl (C=O) groups excluding carboxylic acids is 1. The molecule has 0 spiro atoms. The Hall–Kier alpha value is -2.02. The quantitative estimate of drug-likeness (QED) is 0.875. The molecule has 2 N–H and O–H groups in total. The van der Waals surface area contributed by atoms with E-state index in [0.29, 0.717) is 18.0 Å². The van der Waals surface area contributed by atoms with E-state index in [1.54, 1.807) is 6.07 Å². The molecular weight excluding hydrogens is 328 g/mol. The van der Waals surface area contributed by atoms with Gasteiger partial charge in [0.1, 0.15) is 11.5 Å². The van der Waals surface area contributed by atoms with Gasteiger partial charge in [-0.05, 0) is 41.1 Å². The summed E-state index contributed by atoms with van der Waals surface area (Å²) in [6, 6.07) is 4.61. The van der Waals surface area contributed by atoms with E-state index in [9.17, 15) is 9.59 Å². The molecule has 0 atom stereocenters. The number of aromatic nitrogens is 1. The monoisotopic (exact) mass is 340 g/mol. The third kappa shape index (κ3) is 3.11. The van der Waals surface area contributed by atoms with Gasteiger partial charge >= 0.3 is 5.97 Å². The van der Waals surface area contributed by atoms with Crippen molar-refractivity contribution in [3.63, 3.8) is 0 Å². The van der Waals surface area contributed by atoms with Gasteiger partial charge in [0.05, 0.1) is 6.54 Å². The third-order valence-electron chi connectivity index (χ3n) is 2.73. The van der Waals surface area contributed by atoms with E-state index in [-0.39, 0.29) is 18.2 Å². The highest BCUT2D eigenvalue weighted by Gasteiger charge is 2.13. The lowest BCUT2D eigenvalue weighted by Crippen LogP contribution is -2.25. The van der Waals surface area contributed by atoms with Crippen molar-refractivity contribution in [3.05, 3.63) is 46.1 Å². The number of aromatic carboxylic acids is 1. The largest absolute Gasteiger partial charge is 0.475 e. The van der Waals surface area contributed by atoms with Gasteiger partial charge in [-0.2, -0.15) is 0 Å². The normalized spacial score (nSPS) is 10.5. The Balaban J connectivity index is 2.02. The highest BCUT2D eigenvalue weighted by Crippen LogP contribution is 2.15. The highest BCUT2D eigenvalue weighted by atomic mass is 79.9. The number of nitrogens with one attached hydrogen (secondary N) is 1. The number of nitrogens with zero attached hydrogens (tertiary/aromatic N) is 1. The number of hydrogen-bond donors (Lipinski definition) is 2. The van der Waals surface area contributed by atoms with Gasteiger partial charge in [0.15, 0.2) is 0 Å². The van der Waals surface area contributed by atoms with Crippen LogP contribution in [0.5, 0.6) is 0 Å². The highest BCUT2D eigenvalue weighted by molar-refractivity contribution is 9.10. The second kappa shape index (κ2) is 5.96. The van der Waals surface area contributed by atoms with Crippen LogP contribution in [-0.4, -0.2) is 21.6 Å². The molecule has 2 aromatic heterocycles. The number of aryl methyl sites for hydroxylation is 1. The molecule has 0 aromatic carbocycles. The summed E-state index contributed by atoms with van der Waals surface area (Å²) >= 11 is 3.32. The van der Waals surface area contributed by atoms with E-state index < -0.39 is 5.97 Å². The summed E-state index contributed by atoms with van der Waals surface area (Å²) in [5, 5.41) is 11.4. The van der Waals surface area contributed by atoms with Crippen LogP contribution in [0.2, 0.25) is 0 Å². The summed E-state index contributed by atoms with van der Waals surface area (Å²) in [4.78, 5) is 22.7. The van der Waals surface area contributed by atoms with E-state index in [1.165, 1.54) is 12.1 Å². The Labute approximate surface area is 123 Å². The summed E-state index contributed by atoms with van der Waals surface area (Å²) in [7, 11) is 0. The molecule has 0 saturated carbocycles. The van der Waals surface area contributed by atoms with E-state index in [1.807, 2.05) is 17.7 Å². The number of carboxylic acids is 1. The van der Waals surface area contributed by atoms with Crippen molar-refractivity contribution in [3.8, 4) is 0 Å². The fourth-order valence-electron chi connectivity index (χ4n) is 1.77. The summed E-state index contributed by atoms with van der Waals surface area (Å²) < 4.78 is 7.70. The van der Waals surface area contributed by atoms with Crippen molar-refractivity contribution in [1.82, 2.24) is 9.88 Å². The fraction of sp³-hybridized carbons (Fsp3) is 0.231. The first-order valence-electron chi connectivity index (χ1n) is 5.97. The second-order valence-corrected chi connectivity index (χ2v) is 5.00. The molecule has 7 heteroatoms. The van der Waals surface area contributed by atoms with E-state index in [4.69, 9.17) is 9.52 Å². The lowest BCUT2D eigenvalue weighted by Gasteiger charge is -2.06. The molecule has 2 aromatic rings. The Kier molecular flexibility index (Phi) is 4.29. The standard InChI is InChI=1S/C13H13BrN2O4/c1-2-16-7-8(14)5-10(16)12(17)15-6-9-3-4-11(20-9)13(18)19/h3-5,7H,2,6H2,1H3,(H,15,17)(H,18,19). The Morgan fingerprint density at radius 1 is 1.45 bits per heavy atom. The minimum absolute atomic E-state index is 0.138. The second-order valence-electron chi connectivity index (χ2n) is 4.08. The van der Waals surface area contributed by atoms with Crippen LogP contribution in [0.25, 0.3) is 0 Å². The zero-order chi connectivity index (χ0) is 14.7. The molecule has 1 amide bonds. The molecule has 106 valence electrons. The molecule has 0 saturated heterocycles. The van der Waals surface area contributed by atoms with E-state index in [2.05, 4.69) is 21.2 Å². The van der Waals surface area contributed by atoms with Crippen LogP contribution >= 0.6 is 15.9 Å². The van der Waals surface area contributed by atoms with Gasteiger partial charge in [-0.1, -0.05) is 0 Å². The van der Waals surface area contributed by atoms with Gasteiger partial charge < -0.3 is 19.4 Å². The van der Waals surface area contributed by atoms with Crippen molar-refractivity contribution in [2.75, 3.05) is 0 Å². The van der Waals surface area contributed by atoms with Crippen LogP contribution in [0, 0.1) is 0 Å². The van der Waals surface area contributed by atoms with Crippen LogP contribution in [0.3, 0.4) is 0 Å². The van der Waals surface area contributed by atoms with Crippen LogP contribution < -0.4 is 5.32 Å². The van der Waals surface area contributed by atoms with Gasteiger partial charge in [0.2, 0.25) is 5.76 Å². The van der Waals surface area contributed by atoms with Crippen molar-refractivity contribution < 1.29 is 19.1 Å². The third-order valence-corrected chi connectivity index (χ3v) is 3.17. The number of furan rings is 1. The predicted molar refractivity (Wildman–Crippen MR) is 74.6 cm³/mol. The summed E-state index contributed by atoms with van der Waals surface area (Å²) in [5.41, 5.74) is 0.532. The van der Waals surface area contributed by atoms with Gasteiger partial charge in [0.25, 0.3) is 5.91 Å². The van der Waals surface area contributed by atoms with Crippen molar-refractivity contribution in [2.24, 2.45) is 0 Å². The molecule has 0 fully saturated rings. The lowest BCUT2D eigenvalue weighted by molar-refractivity contribution is 0.0660. The maximum atomic E-state index is 12.0. The van der Waals surface area contributed by atoms with Crippen LogP contribution in [-0.2, 0) is 13.1 Å².